The zero-order valence-corrected chi connectivity index (χ0v) is 11.1. The van der Waals surface area contributed by atoms with E-state index in [1.165, 1.54) is 0 Å². The zero-order valence-electron chi connectivity index (χ0n) is 9.46. The highest BCUT2D eigenvalue weighted by Crippen LogP contribution is 2.11. The Balaban J connectivity index is 1.87. The molecule has 1 fully saturated rings. The van der Waals surface area contributed by atoms with Crippen molar-refractivity contribution in [2.24, 2.45) is 5.73 Å². The number of nitrogens with zero attached hydrogens (tertiary/aromatic N) is 2. The fraction of sp³-hybridized carbons (Fsp3) is 0.455. The maximum atomic E-state index is 12.1. The second kappa shape index (κ2) is 5.57. The Morgan fingerprint density at radius 1 is 1.41 bits per heavy atom. The third-order valence-electron chi connectivity index (χ3n) is 2.81. The molecule has 1 aliphatic rings. The van der Waals surface area contributed by atoms with Gasteiger partial charge in [0.2, 0.25) is 0 Å². The van der Waals surface area contributed by atoms with Gasteiger partial charge in [-0.05, 0) is 11.4 Å². The van der Waals surface area contributed by atoms with Gasteiger partial charge < -0.3 is 10.6 Å². The van der Waals surface area contributed by atoms with Gasteiger partial charge in [-0.25, -0.2) is 0 Å². The van der Waals surface area contributed by atoms with Gasteiger partial charge in [-0.3, -0.25) is 9.69 Å². The summed E-state index contributed by atoms with van der Waals surface area (Å²) < 4.78 is 0. The van der Waals surface area contributed by atoms with Gasteiger partial charge in [0.15, 0.2) is 0 Å². The van der Waals surface area contributed by atoms with E-state index >= 15 is 0 Å². The van der Waals surface area contributed by atoms with E-state index in [9.17, 15) is 4.79 Å². The first-order chi connectivity index (χ1) is 8.16. The number of hydrogen-bond donors (Lipinski definition) is 1. The average Bonchev–Trinajstić information content (AvgIpc) is 2.82. The summed E-state index contributed by atoms with van der Waals surface area (Å²) in [5.74, 6) is 0.126. The molecule has 0 unspecified atom stereocenters. The van der Waals surface area contributed by atoms with Gasteiger partial charge in [-0.2, -0.15) is 11.3 Å². The Hall–Kier alpha value is -0.980. The van der Waals surface area contributed by atoms with Crippen molar-refractivity contribution in [1.29, 1.82) is 0 Å². The topological polar surface area (TPSA) is 49.6 Å². The van der Waals surface area contributed by atoms with Crippen molar-refractivity contribution >= 4 is 34.5 Å². The van der Waals surface area contributed by atoms with Crippen LogP contribution in [0.15, 0.2) is 16.8 Å². The van der Waals surface area contributed by atoms with Crippen molar-refractivity contribution in [3.63, 3.8) is 0 Å². The van der Waals surface area contributed by atoms with E-state index in [-0.39, 0.29) is 5.91 Å². The van der Waals surface area contributed by atoms with Crippen molar-refractivity contribution in [1.82, 2.24) is 9.80 Å². The number of rotatable bonds is 3. The summed E-state index contributed by atoms with van der Waals surface area (Å²) in [5.41, 5.74) is 6.30. The first kappa shape index (κ1) is 12.5. The van der Waals surface area contributed by atoms with Crippen LogP contribution in [0.2, 0.25) is 0 Å². The molecule has 0 saturated carbocycles. The van der Waals surface area contributed by atoms with Crippen LogP contribution < -0.4 is 5.73 Å². The van der Waals surface area contributed by atoms with E-state index in [1.54, 1.807) is 11.3 Å². The highest BCUT2D eigenvalue weighted by molar-refractivity contribution is 7.80. The number of amides is 1. The Bertz CT molecular complexity index is 397. The summed E-state index contributed by atoms with van der Waals surface area (Å²) in [6, 6.07) is 1.87. The lowest BCUT2D eigenvalue weighted by Crippen LogP contribution is -2.50. The molecule has 2 N–H and O–H groups in total. The van der Waals surface area contributed by atoms with Crippen LogP contribution in [0.25, 0.3) is 0 Å². The fourth-order valence-electron chi connectivity index (χ4n) is 1.90. The van der Waals surface area contributed by atoms with Crippen LogP contribution in [-0.4, -0.2) is 53.4 Å². The lowest BCUT2D eigenvalue weighted by atomic mass is 10.2. The first-order valence-corrected chi connectivity index (χ1v) is 6.84. The Morgan fingerprint density at radius 2 is 2.12 bits per heavy atom. The Labute approximate surface area is 110 Å². The minimum atomic E-state index is 0.126. The summed E-state index contributed by atoms with van der Waals surface area (Å²) in [4.78, 5) is 16.6. The quantitative estimate of drug-likeness (QED) is 0.824. The van der Waals surface area contributed by atoms with Crippen LogP contribution in [0.1, 0.15) is 10.4 Å². The van der Waals surface area contributed by atoms with Crippen molar-refractivity contribution < 1.29 is 4.79 Å². The highest BCUT2D eigenvalue weighted by Gasteiger charge is 2.22. The largest absolute Gasteiger partial charge is 0.392 e. The molecule has 0 atom stereocenters. The molecule has 1 amide bonds. The standard InChI is InChI=1S/C11H15N3OS2/c12-10(16)7-13-2-4-14(5-3-13)11(15)9-1-6-17-8-9/h1,6,8H,2-5,7H2,(H2,12,16). The lowest BCUT2D eigenvalue weighted by molar-refractivity contribution is 0.0655. The van der Waals surface area contributed by atoms with Crippen LogP contribution in [0.5, 0.6) is 0 Å². The average molecular weight is 269 g/mol. The van der Waals surface area contributed by atoms with Crippen LogP contribution >= 0.6 is 23.6 Å². The molecule has 92 valence electrons. The number of carbonyl (C=O) groups is 1. The molecule has 0 bridgehead atoms. The number of nitrogens with two attached hydrogens (primary N) is 1. The molecule has 1 aromatic heterocycles. The molecule has 0 radical (unpaired) electrons. The molecule has 1 saturated heterocycles. The minimum absolute atomic E-state index is 0.126. The summed E-state index contributed by atoms with van der Waals surface area (Å²) in [7, 11) is 0. The smallest absolute Gasteiger partial charge is 0.254 e. The second-order valence-corrected chi connectivity index (χ2v) is 5.35. The Morgan fingerprint density at radius 3 is 2.65 bits per heavy atom. The summed E-state index contributed by atoms with van der Waals surface area (Å²) in [6.07, 6.45) is 0. The van der Waals surface area contributed by atoms with E-state index in [2.05, 4.69) is 4.90 Å². The molecule has 2 rings (SSSR count). The van der Waals surface area contributed by atoms with Gasteiger partial charge >= 0.3 is 0 Å². The SMILES string of the molecule is NC(=S)CN1CCN(C(=O)c2ccsc2)CC1. The molecule has 6 heteroatoms. The van der Waals surface area contributed by atoms with Gasteiger partial charge in [0.25, 0.3) is 5.91 Å². The molecular formula is C11H15N3OS2. The van der Waals surface area contributed by atoms with Crippen LogP contribution in [0.3, 0.4) is 0 Å². The van der Waals surface area contributed by atoms with Crippen LogP contribution in [0.4, 0.5) is 0 Å². The molecule has 0 aromatic carbocycles. The van der Waals surface area contributed by atoms with E-state index < -0.39 is 0 Å². The number of carbonyl (C=O) groups excluding carboxylic acids is 1. The van der Waals surface area contributed by atoms with Gasteiger partial charge in [0.05, 0.1) is 10.6 Å². The molecule has 2 heterocycles. The number of piperazine rings is 1. The number of thiocarbonyl (C=S) groups is 1. The number of thiophene rings is 1. The monoisotopic (exact) mass is 269 g/mol. The molecule has 17 heavy (non-hydrogen) atoms. The maximum Gasteiger partial charge on any atom is 0.254 e. The van der Waals surface area contributed by atoms with Crippen LogP contribution in [-0.2, 0) is 0 Å². The second-order valence-electron chi connectivity index (χ2n) is 4.05. The highest BCUT2D eigenvalue weighted by atomic mass is 32.1. The number of hydrogen-bond acceptors (Lipinski definition) is 4. The lowest BCUT2D eigenvalue weighted by Gasteiger charge is -2.34. The van der Waals surface area contributed by atoms with E-state index in [4.69, 9.17) is 18.0 Å². The molecule has 1 aromatic rings. The van der Waals surface area contributed by atoms with Crippen molar-refractivity contribution in [2.75, 3.05) is 32.7 Å². The minimum Gasteiger partial charge on any atom is -0.392 e. The molecule has 0 spiro atoms. The van der Waals surface area contributed by atoms with Gasteiger partial charge in [-0.1, -0.05) is 12.2 Å². The molecule has 0 aliphatic carbocycles. The summed E-state index contributed by atoms with van der Waals surface area (Å²) >= 11 is 6.43. The van der Waals surface area contributed by atoms with Crippen molar-refractivity contribution in [3.8, 4) is 0 Å². The molecular weight excluding hydrogens is 254 g/mol. The summed E-state index contributed by atoms with van der Waals surface area (Å²) in [5, 5.41) is 3.82. The zero-order chi connectivity index (χ0) is 12.3. The third kappa shape index (κ3) is 3.24. The third-order valence-corrected chi connectivity index (χ3v) is 3.62. The maximum absolute atomic E-state index is 12.1. The van der Waals surface area contributed by atoms with E-state index in [0.717, 1.165) is 31.7 Å². The predicted octanol–water partition coefficient (Wildman–Crippen LogP) is 0.792. The summed E-state index contributed by atoms with van der Waals surface area (Å²) in [6.45, 7) is 3.82. The van der Waals surface area contributed by atoms with Gasteiger partial charge in [0, 0.05) is 38.1 Å². The van der Waals surface area contributed by atoms with Gasteiger partial charge in [-0.15, -0.1) is 0 Å². The van der Waals surface area contributed by atoms with Crippen LogP contribution in [0, 0.1) is 0 Å². The van der Waals surface area contributed by atoms with Crippen molar-refractivity contribution in [3.05, 3.63) is 22.4 Å². The van der Waals surface area contributed by atoms with Gasteiger partial charge in [0.1, 0.15) is 0 Å². The molecule has 4 nitrogen and oxygen atoms in total. The normalized spacial score (nSPS) is 17.1. The Kier molecular flexibility index (Phi) is 4.09. The first-order valence-electron chi connectivity index (χ1n) is 5.49. The molecule has 1 aliphatic heterocycles. The van der Waals surface area contributed by atoms with Crippen molar-refractivity contribution in [2.45, 2.75) is 0 Å². The predicted molar refractivity (Wildman–Crippen MR) is 73.4 cm³/mol. The fourth-order valence-corrected chi connectivity index (χ4v) is 2.71. The van der Waals surface area contributed by atoms with E-state index in [1.807, 2.05) is 21.7 Å². The van der Waals surface area contributed by atoms with E-state index in [0.29, 0.717) is 11.5 Å².